The van der Waals surface area contributed by atoms with Crippen LogP contribution in [-0.2, 0) is 6.61 Å². The normalized spacial score (nSPS) is 10.6. The van der Waals surface area contributed by atoms with Crippen LogP contribution in [0.4, 0.5) is 5.69 Å². The molecule has 0 saturated heterocycles. The van der Waals surface area contributed by atoms with Gasteiger partial charge in [0.2, 0.25) is 0 Å². The van der Waals surface area contributed by atoms with Crippen LogP contribution < -0.4 is 9.47 Å². The molecular weight excluding hydrogens is 308 g/mol. The fourth-order valence-electron chi connectivity index (χ4n) is 2.01. The van der Waals surface area contributed by atoms with Crippen molar-refractivity contribution in [3.63, 3.8) is 0 Å². The Labute approximate surface area is 141 Å². The Balaban J connectivity index is 2.33. The van der Waals surface area contributed by atoms with E-state index in [9.17, 15) is 9.90 Å². The van der Waals surface area contributed by atoms with Gasteiger partial charge in [0.25, 0.3) is 0 Å². The molecule has 0 spiro atoms. The molecule has 0 amide bonds. The molecule has 0 aliphatic heterocycles. The minimum Gasteiger partial charge on any atom is -0.493 e. The molecule has 1 N–H and O–H groups in total. The summed E-state index contributed by atoms with van der Waals surface area (Å²) in [5, 5.41) is 9.42. The van der Waals surface area contributed by atoms with Gasteiger partial charge in [0.15, 0.2) is 11.5 Å². The summed E-state index contributed by atoms with van der Waals surface area (Å²) < 4.78 is 11.0. The first-order chi connectivity index (χ1) is 11.5. The Morgan fingerprint density at radius 3 is 2.50 bits per heavy atom. The minimum absolute atomic E-state index is 0.0527. The molecule has 0 fully saturated rings. The highest BCUT2D eigenvalue weighted by Gasteiger charge is 2.16. The van der Waals surface area contributed by atoms with Crippen LogP contribution in [0.2, 0.25) is 0 Å². The minimum atomic E-state index is -1.08. The maximum Gasteiger partial charge on any atom is 0.338 e. The molecule has 0 radical (unpaired) electrons. The largest absolute Gasteiger partial charge is 0.493 e. The topological polar surface area (TPSA) is 71.4 Å². The third-order valence-electron chi connectivity index (χ3n) is 3.18. The van der Waals surface area contributed by atoms with Crippen molar-refractivity contribution < 1.29 is 19.4 Å². The van der Waals surface area contributed by atoms with Crippen molar-refractivity contribution in [1.29, 1.82) is 0 Å². The van der Waals surface area contributed by atoms with Crippen LogP contribution in [-0.4, -0.2) is 43.5 Å². The predicted molar refractivity (Wildman–Crippen MR) is 92.6 cm³/mol. The average Bonchev–Trinajstić information content (AvgIpc) is 2.58. The number of aromatic carboxylic acids is 1. The maximum atomic E-state index is 11.5. The van der Waals surface area contributed by atoms with Crippen LogP contribution in [0.1, 0.15) is 15.9 Å². The Hall–Kier alpha value is -3.02. The van der Waals surface area contributed by atoms with E-state index in [1.807, 2.05) is 30.3 Å². The second-order valence-corrected chi connectivity index (χ2v) is 5.31. The number of carbonyl (C=O) groups is 1. The molecule has 2 rings (SSSR count). The van der Waals surface area contributed by atoms with E-state index in [2.05, 4.69) is 4.99 Å². The van der Waals surface area contributed by atoms with E-state index in [1.54, 1.807) is 25.1 Å². The summed E-state index contributed by atoms with van der Waals surface area (Å²) in [6.07, 6.45) is 1.53. The van der Waals surface area contributed by atoms with Gasteiger partial charge in [-0.2, -0.15) is 0 Å². The molecule has 6 nitrogen and oxygen atoms in total. The van der Waals surface area contributed by atoms with E-state index in [4.69, 9.17) is 9.47 Å². The molecule has 2 aromatic carbocycles. The number of nitrogens with zero attached hydrogens (tertiary/aromatic N) is 2. The van der Waals surface area contributed by atoms with E-state index in [0.29, 0.717) is 23.8 Å². The summed E-state index contributed by atoms with van der Waals surface area (Å²) >= 11 is 0. The van der Waals surface area contributed by atoms with Crippen LogP contribution in [0.15, 0.2) is 47.5 Å². The van der Waals surface area contributed by atoms with Crippen molar-refractivity contribution in [2.75, 3.05) is 21.2 Å². The second-order valence-electron chi connectivity index (χ2n) is 5.31. The van der Waals surface area contributed by atoms with Crippen molar-refractivity contribution >= 4 is 18.0 Å². The van der Waals surface area contributed by atoms with E-state index in [1.165, 1.54) is 19.5 Å². The van der Waals surface area contributed by atoms with E-state index in [0.717, 1.165) is 5.56 Å². The molecule has 126 valence electrons. The van der Waals surface area contributed by atoms with Gasteiger partial charge in [0.1, 0.15) is 6.61 Å². The third kappa shape index (κ3) is 4.49. The fraction of sp³-hybridized carbons (Fsp3) is 0.222. The first-order valence-corrected chi connectivity index (χ1v) is 7.34. The number of carboxylic acids is 1. The molecule has 0 bridgehead atoms. The number of hydrogen-bond acceptors (Lipinski definition) is 4. The Morgan fingerprint density at radius 2 is 1.92 bits per heavy atom. The zero-order valence-electron chi connectivity index (χ0n) is 13.9. The van der Waals surface area contributed by atoms with Gasteiger partial charge >= 0.3 is 5.97 Å². The quantitative estimate of drug-likeness (QED) is 0.624. The number of methoxy groups -OCH3 is 1. The third-order valence-corrected chi connectivity index (χ3v) is 3.18. The number of rotatable bonds is 7. The first kappa shape index (κ1) is 17.3. The molecule has 0 aromatic heterocycles. The Morgan fingerprint density at radius 1 is 1.21 bits per heavy atom. The lowest BCUT2D eigenvalue weighted by Gasteiger charge is -2.13. The van der Waals surface area contributed by atoms with Gasteiger partial charge in [0.05, 0.1) is 24.7 Å². The van der Waals surface area contributed by atoms with Gasteiger partial charge in [0, 0.05) is 26.2 Å². The van der Waals surface area contributed by atoms with Crippen molar-refractivity contribution in [1.82, 2.24) is 4.90 Å². The molecule has 0 aliphatic rings. The predicted octanol–water partition coefficient (Wildman–Crippen LogP) is 3.19. The SMILES string of the molecule is COc1cc(/N=C/N(C)C)c(C(=O)O)cc1OCc1ccccc1. The maximum absolute atomic E-state index is 11.5. The fourth-order valence-corrected chi connectivity index (χ4v) is 2.01. The average molecular weight is 328 g/mol. The summed E-state index contributed by atoms with van der Waals surface area (Å²) in [6, 6.07) is 12.6. The standard InChI is InChI=1S/C18H20N2O4/c1-20(2)12-19-15-10-16(23-3)17(9-14(15)18(21)22)24-11-13-7-5-4-6-8-13/h4-10,12H,11H2,1-3H3,(H,21,22)/b19-12+. The van der Waals surface area contributed by atoms with Crippen molar-refractivity contribution in [3.05, 3.63) is 53.6 Å². The van der Waals surface area contributed by atoms with Gasteiger partial charge in [-0.15, -0.1) is 0 Å². The lowest BCUT2D eigenvalue weighted by molar-refractivity contribution is 0.0697. The van der Waals surface area contributed by atoms with Crippen LogP contribution in [0.5, 0.6) is 11.5 Å². The van der Waals surface area contributed by atoms with Crippen molar-refractivity contribution in [2.45, 2.75) is 6.61 Å². The highest BCUT2D eigenvalue weighted by molar-refractivity contribution is 5.95. The smallest absolute Gasteiger partial charge is 0.338 e. The summed E-state index contributed by atoms with van der Waals surface area (Å²) in [5.41, 5.74) is 1.34. The van der Waals surface area contributed by atoms with Gasteiger partial charge in [-0.1, -0.05) is 30.3 Å². The van der Waals surface area contributed by atoms with Crippen LogP contribution in [0, 0.1) is 0 Å². The Kier molecular flexibility index (Phi) is 5.78. The zero-order valence-corrected chi connectivity index (χ0v) is 13.9. The second kappa shape index (κ2) is 8.01. The molecule has 6 heteroatoms. The van der Waals surface area contributed by atoms with E-state index >= 15 is 0 Å². The van der Waals surface area contributed by atoms with Crippen molar-refractivity contribution in [2.24, 2.45) is 4.99 Å². The van der Waals surface area contributed by atoms with Gasteiger partial charge in [-0.3, -0.25) is 0 Å². The number of carboxylic acid groups (broad SMARTS) is 1. The molecule has 0 atom stereocenters. The number of hydrogen-bond donors (Lipinski definition) is 1. The lowest BCUT2D eigenvalue weighted by atomic mass is 10.1. The number of aliphatic imine (C=N–C) groups is 1. The van der Waals surface area contributed by atoms with Gasteiger partial charge in [-0.05, 0) is 5.56 Å². The van der Waals surface area contributed by atoms with Crippen LogP contribution >= 0.6 is 0 Å². The summed E-state index contributed by atoms with van der Waals surface area (Å²) in [6.45, 7) is 0.316. The summed E-state index contributed by atoms with van der Waals surface area (Å²) in [7, 11) is 5.11. The molecule has 0 heterocycles. The highest BCUT2D eigenvalue weighted by Crippen LogP contribution is 2.35. The lowest BCUT2D eigenvalue weighted by Crippen LogP contribution is -2.08. The van der Waals surface area contributed by atoms with Crippen LogP contribution in [0.3, 0.4) is 0 Å². The van der Waals surface area contributed by atoms with E-state index < -0.39 is 5.97 Å². The van der Waals surface area contributed by atoms with Crippen molar-refractivity contribution in [3.8, 4) is 11.5 Å². The monoisotopic (exact) mass is 328 g/mol. The first-order valence-electron chi connectivity index (χ1n) is 7.34. The Bertz CT molecular complexity index is 727. The zero-order chi connectivity index (χ0) is 17.5. The molecule has 2 aromatic rings. The van der Waals surface area contributed by atoms with Gasteiger partial charge in [-0.25, -0.2) is 9.79 Å². The van der Waals surface area contributed by atoms with Gasteiger partial charge < -0.3 is 19.5 Å². The van der Waals surface area contributed by atoms with Crippen LogP contribution in [0.25, 0.3) is 0 Å². The molecule has 24 heavy (non-hydrogen) atoms. The molecule has 0 aliphatic carbocycles. The summed E-state index contributed by atoms with van der Waals surface area (Å²) in [5.74, 6) is -0.280. The molecular formula is C18H20N2O4. The molecule has 0 saturated carbocycles. The van der Waals surface area contributed by atoms with E-state index in [-0.39, 0.29) is 5.56 Å². The summed E-state index contributed by atoms with van der Waals surface area (Å²) in [4.78, 5) is 17.4. The number of ether oxygens (including phenoxy) is 2. The molecule has 0 unspecified atom stereocenters. The highest BCUT2D eigenvalue weighted by atomic mass is 16.5. The number of benzene rings is 2.